The number of hydrogen-bond acceptors (Lipinski definition) is 1. The number of benzene rings is 1. The van der Waals surface area contributed by atoms with E-state index in [1.807, 2.05) is 0 Å². The highest BCUT2D eigenvalue weighted by Gasteiger charge is 2.19. The molecule has 0 amide bonds. The van der Waals surface area contributed by atoms with Crippen molar-refractivity contribution in [3.63, 3.8) is 0 Å². The summed E-state index contributed by atoms with van der Waals surface area (Å²) in [5.41, 5.74) is 0.811. The molecule has 0 bridgehead atoms. The van der Waals surface area contributed by atoms with E-state index in [4.69, 9.17) is 11.6 Å². The summed E-state index contributed by atoms with van der Waals surface area (Å²) in [5.74, 6) is -1.72. The van der Waals surface area contributed by atoms with E-state index < -0.39 is 11.6 Å². The van der Waals surface area contributed by atoms with Gasteiger partial charge in [0.1, 0.15) is 0 Å². The average molecular weight is 304 g/mol. The number of halogens is 3. The van der Waals surface area contributed by atoms with Gasteiger partial charge in [-0.3, -0.25) is 0 Å². The Bertz CT molecular complexity index is 444. The van der Waals surface area contributed by atoms with Gasteiger partial charge in [-0.2, -0.15) is 0 Å². The lowest BCUT2D eigenvalue weighted by Crippen LogP contribution is -2.28. The van der Waals surface area contributed by atoms with Gasteiger partial charge >= 0.3 is 0 Å². The maximum absolute atomic E-state index is 13.2. The fourth-order valence-electron chi connectivity index (χ4n) is 2.05. The summed E-state index contributed by atoms with van der Waals surface area (Å²) in [5, 5.41) is 3.70. The molecule has 114 valence electrons. The van der Waals surface area contributed by atoms with Crippen molar-refractivity contribution >= 4 is 11.6 Å². The molecular weight excluding hydrogens is 280 g/mol. The quantitative estimate of drug-likeness (QED) is 0.702. The predicted molar refractivity (Wildman–Crippen MR) is 81.2 cm³/mol. The van der Waals surface area contributed by atoms with Gasteiger partial charge in [0, 0.05) is 11.1 Å². The van der Waals surface area contributed by atoms with Crippen LogP contribution >= 0.6 is 11.6 Å². The van der Waals surface area contributed by atoms with Crippen LogP contribution in [0.5, 0.6) is 0 Å². The summed E-state index contributed by atoms with van der Waals surface area (Å²) in [4.78, 5) is 0. The second kappa shape index (κ2) is 7.37. The van der Waals surface area contributed by atoms with Crippen molar-refractivity contribution in [2.75, 3.05) is 6.54 Å². The number of hydrogen-bond donors (Lipinski definition) is 1. The molecule has 1 rings (SSSR count). The highest BCUT2D eigenvalue weighted by atomic mass is 35.5. The van der Waals surface area contributed by atoms with Gasteiger partial charge in [0.15, 0.2) is 11.6 Å². The Kier molecular flexibility index (Phi) is 6.41. The standard InChI is InChI=1S/C16H24ClF2N/c1-11(2)20-8-7-16(3,4)6-5-12-9-14(18)15(19)10-13(12)17/h9-11,20H,5-8H2,1-4H3. The minimum absolute atomic E-state index is 0.135. The monoisotopic (exact) mass is 303 g/mol. The lowest BCUT2D eigenvalue weighted by atomic mass is 9.83. The normalized spacial score (nSPS) is 12.2. The van der Waals surface area contributed by atoms with Gasteiger partial charge in [-0.05, 0) is 48.9 Å². The van der Waals surface area contributed by atoms with Crippen LogP contribution in [0.4, 0.5) is 8.78 Å². The van der Waals surface area contributed by atoms with E-state index in [9.17, 15) is 8.78 Å². The number of nitrogens with one attached hydrogen (secondary N) is 1. The molecule has 0 aliphatic heterocycles. The molecule has 20 heavy (non-hydrogen) atoms. The third kappa shape index (κ3) is 5.76. The van der Waals surface area contributed by atoms with E-state index >= 15 is 0 Å². The third-order valence-corrected chi connectivity index (χ3v) is 3.87. The van der Waals surface area contributed by atoms with E-state index in [0.29, 0.717) is 23.0 Å². The Morgan fingerprint density at radius 3 is 2.35 bits per heavy atom. The first-order valence-electron chi connectivity index (χ1n) is 7.08. The SMILES string of the molecule is CC(C)NCCC(C)(C)CCc1cc(F)c(F)cc1Cl. The average Bonchev–Trinajstić information content (AvgIpc) is 2.31. The molecule has 1 N–H and O–H groups in total. The first kappa shape index (κ1) is 17.4. The van der Waals surface area contributed by atoms with Gasteiger partial charge in [0.25, 0.3) is 0 Å². The van der Waals surface area contributed by atoms with Crippen LogP contribution in [0, 0.1) is 17.0 Å². The molecule has 0 unspecified atom stereocenters. The molecule has 1 nitrogen and oxygen atoms in total. The molecule has 0 saturated heterocycles. The molecule has 1 aromatic carbocycles. The second-order valence-corrected chi connectivity index (χ2v) is 6.79. The highest BCUT2D eigenvalue weighted by Crippen LogP contribution is 2.29. The Morgan fingerprint density at radius 1 is 1.15 bits per heavy atom. The fourth-order valence-corrected chi connectivity index (χ4v) is 2.30. The first-order valence-corrected chi connectivity index (χ1v) is 7.46. The Morgan fingerprint density at radius 2 is 1.75 bits per heavy atom. The molecule has 0 aliphatic carbocycles. The van der Waals surface area contributed by atoms with Crippen LogP contribution in [-0.4, -0.2) is 12.6 Å². The van der Waals surface area contributed by atoms with Crippen molar-refractivity contribution in [1.82, 2.24) is 5.32 Å². The van der Waals surface area contributed by atoms with Crippen molar-refractivity contribution in [3.05, 3.63) is 34.4 Å². The van der Waals surface area contributed by atoms with E-state index in [1.54, 1.807) is 0 Å². The molecule has 0 aromatic heterocycles. The Balaban J connectivity index is 2.55. The summed E-state index contributed by atoms with van der Waals surface area (Å²) >= 11 is 5.96. The van der Waals surface area contributed by atoms with E-state index in [2.05, 4.69) is 33.0 Å². The largest absolute Gasteiger partial charge is 0.315 e. The summed E-state index contributed by atoms with van der Waals surface area (Å²) in [6.45, 7) is 9.56. The summed E-state index contributed by atoms with van der Waals surface area (Å²) in [6.07, 6.45) is 2.58. The number of aryl methyl sites for hydroxylation is 1. The smallest absolute Gasteiger partial charge is 0.160 e. The predicted octanol–water partition coefficient (Wildman–Crippen LogP) is 4.97. The lowest BCUT2D eigenvalue weighted by Gasteiger charge is -2.25. The number of rotatable bonds is 7. The van der Waals surface area contributed by atoms with Crippen LogP contribution < -0.4 is 5.32 Å². The van der Waals surface area contributed by atoms with Crippen molar-refractivity contribution in [2.24, 2.45) is 5.41 Å². The molecule has 0 atom stereocenters. The van der Waals surface area contributed by atoms with Crippen LogP contribution in [0.15, 0.2) is 12.1 Å². The fraction of sp³-hybridized carbons (Fsp3) is 0.625. The van der Waals surface area contributed by atoms with Crippen LogP contribution in [-0.2, 0) is 6.42 Å². The van der Waals surface area contributed by atoms with Gasteiger partial charge in [0.2, 0.25) is 0 Å². The van der Waals surface area contributed by atoms with Crippen LogP contribution in [0.25, 0.3) is 0 Å². The molecule has 0 spiro atoms. The van der Waals surface area contributed by atoms with Crippen molar-refractivity contribution in [3.8, 4) is 0 Å². The van der Waals surface area contributed by atoms with Gasteiger partial charge in [0.05, 0.1) is 0 Å². The maximum atomic E-state index is 13.2. The summed E-state index contributed by atoms with van der Waals surface area (Å²) in [6, 6.07) is 2.74. The molecule has 0 radical (unpaired) electrons. The molecule has 4 heteroatoms. The van der Waals surface area contributed by atoms with Crippen LogP contribution in [0.3, 0.4) is 0 Å². The Labute approximate surface area is 125 Å². The van der Waals surface area contributed by atoms with Crippen molar-refractivity contribution in [1.29, 1.82) is 0 Å². The third-order valence-electron chi connectivity index (χ3n) is 3.51. The van der Waals surface area contributed by atoms with E-state index in [-0.39, 0.29) is 5.41 Å². The van der Waals surface area contributed by atoms with Crippen molar-refractivity contribution < 1.29 is 8.78 Å². The molecule has 0 aliphatic rings. The molecule has 0 fully saturated rings. The van der Waals surface area contributed by atoms with Gasteiger partial charge in [-0.15, -0.1) is 0 Å². The highest BCUT2D eigenvalue weighted by molar-refractivity contribution is 6.31. The summed E-state index contributed by atoms with van der Waals surface area (Å²) in [7, 11) is 0. The minimum Gasteiger partial charge on any atom is -0.315 e. The van der Waals surface area contributed by atoms with Gasteiger partial charge in [-0.25, -0.2) is 8.78 Å². The van der Waals surface area contributed by atoms with Crippen molar-refractivity contribution in [2.45, 2.75) is 53.0 Å². The van der Waals surface area contributed by atoms with Gasteiger partial charge < -0.3 is 5.32 Å². The van der Waals surface area contributed by atoms with Gasteiger partial charge in [-0.1, -0.05) is 39.3 Å². The maximum Gasteiger partial charge on any atom is 0.160 e. The minimum atomic E-state index is -0.890. The zero-order valence-corrected chi connectivity index (χ0v) is 13.5. The zero-order chi connectivity index (χ0) is 15.3. The lowest BCUT2D eigenvalue weighted by molar-refractivity contribution is 0.298. The molecule has 0 saturated carbocycles. The Hall–Kier alpha value is -0.670. The summed E-state index contributed by atoms with van der Waals surface area (Å²) < 4.78 is 26.2. The van der Waals surface area contributed by atoms with Crippen LogP contribution in [0.2, 0.25) is 5.02 Å². The molecular formula is C16H24ClF2N. The van der Waals surface area contributed by atoms with E-state index in [1.165, 1.54) is 6.07 Å². The second-order valence-electron chi connectivity index (χ2n) is 6.38. The zero-order valence-electron chi connectivity index (χ0n) is 12.7. The van der Waals surface area contributed by atoms with Crippen LogP contribution in [0.1, 0.15) is 46.1 Å². The van der Waals surface area contributed by atoms with E-state index in [0.717, 1.165) is 25.5 Å². The topological polar surface area (TPSA) is 12.0 Å². The first-order chi connectivity index (χ1) is 9.21. The molecule has 1 aromatic rings. The molecule has 0 heterocycles.